The molecule has 20 heavy (non-hydrogen) atoms. The zero-order valence-corrected chi connectivity index (χ0v) is 11.3. The Morgan fingerprint density at radius 3 is 2.50 bits per heavy atom. The third-order valence-corrected chi connectivity index (χ3v) is 4.59. The number of benzene rings is 1. The maximum Gasteiger partial charge on any atom is 0.172 e. The second-order valence-electron chi connectivity index (χ2n) is 5.89. The van der Waals surface area contributed by atoms with Gasteiger partial charge < -0.3 is 4.74 Å². The Bertz CT molecular complexity index is 501. The summed E-state index contributed by atoms with van der Waals surface area (Å²) in [5.41, 5.74) is -0.604. The van der Waals surface area contributed by atoms with Crippen molar-refractivity contribution in [3.63, 3.8) is 0 Å². The molecular formula is C16H18F2O2. The lowest BCUT2D eigenvalue weighted by Crippen LogP contribution is -2.40. The number of ether oxygens (including phenoxy) is 1. The van der Waals surface area contributed by atoms with Gasteiger partial charge in [-0.05, 0) is 37.8 Å². The summed E-state index contributed by atoms with van der Waals surface area (Å²) in [5.74, 6) is -2.26. The monoisotopic (exact) mass is 280 g/mol. The standard InChI is InChI=1S/C16H18F2O2/c17-12-4-3-5-13(18)14(12)15(19)11-6-9-20-16(10-11)7-1-2-8-16/h3-5,11H,1-2,6-10H2. The van der Waals surface area contributed by atoms with Crippen LogP contribution in [-0.2, 0) is 4.74 Å². The fourth-order valence-corrected chi connectivity index (χ4v) is 3.56. The fraction of sp³-hybridized carbons (Fsp3) is 0.562. The molecule has 1 atom stereocenters. The molecule has 0 aromatic heterocycles. The highest BCUT2D eigenvalue weighted by Gasteiger charge is 2.42. The Morgan fingerprint density at radius 2 is 1.85 bits per heavy atom. The van der Waals surface area contributed by atoms with Gasteiger partial charge in [-0.25, -0.2) is 8.78 Å². The minimum atomic E-state index is -0.762. The van der Waals surface area contributed by atoms with Crippen LogP contribution in [0.15, 0.2) is 18.2 Å². The van der Waals surface area contributed by atoms with Crippen molar-refractivity contribution < 1.29 is 18.3 Å². The molecule has 1 aliphatic carbocycles. The molecule has 2 aliphatic rings. The van der Waals surface area contributed by atoms with Crippen LogP contribution in [0.5, 0.6) is 0 Å². The molecule has 4 heteroatoms. The van der Waals surface area contributed by atoms with Crippen molar-refractivity contribution in [3.05, 3.63) is 35.4 Å². The van der Waals surface area contributed by atoms with Crippen LogP contribution in [0.2, 0.25) is 0 Å². The molecule has 1 saturated heterocycles. The third kappa shape index (κ3) is 2.37. The van der Waals surface area contributed by atoms with E-state index in [2.05, 4.69) is 0 Å². The van der Waals surface area contributed by atoms with Crippen LogP contribution in [-0.4, -0.2) is 18.0 Å². The zero-order valence-electron chi connectivity index (χ0n) is 11.3. The van der Waals surface area contributed by atoms with Crippen molar-refractivity contribution in [2.24, 2.45) is 5.92 Å². The summed E-state index contributed by atoms with van der Waals surface area (Å²) in [5, 5.41) is 0. The summed E-state index contributed by atoms with van der Waals surface area (Å²) >= 11 is 0. The highest BCUT2D eigenvalue weighted by Crippen LogP contribution is 2.43. The highest BCUT2D eigenvalue weighted by molar-refractivity contribution is 5.98. The Hall–Kier alpha value is -1.29. The van der Waals surface area contributed by atoms with E-state index in [0.717, 1.165) is 37.8 Å². The molecule has 0 radical (unpaired) electrons. The van der Waals surface area contributed by atoms with E-state index in [0.29, 0.717) is 19.4 Å². The van der Waals surface area contributed by atoms with Crippen LogP contribution in [0.1, 0.15) is 48.9 Å². The van der Waals surface area contributed by atoms with Crippen molar-refractivity contribution >= 4 is 5.78 Å². The van der Waals surface area contributed by atoms with Crippen LogP contribution < -0.4 is 0 Å². The molecule has 0 amide bonds. The number of carbonyl (C=O) groups excluding carboxylic acids is 1. The maximum atomic E-state index is 13.7. The molecule has 108 valence electrons. The quantitative estimate of drug-likeness (QED) is 0.768. The van der Waals surface area contributed by atoms with Gasteiger partial charge in [0.2, 0.25) is 0 Å². The number of rotatable bonds is 2. The average Bonchev–Trinajstić information content (AvgIpc) is 2.86. The molecule has 0 N–H and O–H groups in total. The number of hydrogen-bond donors (Lipinski definition) is 0. The summed E-state index contributed by atoms with van der Waals surface area (Å²) in [7, 11) is 0. The van der Waals surface area contributed by atoms with E-state index >= 15 is 0 Å². The normalized spacial score (nSPS) is 25.0. The zero-order chi connectivity index (χ0) is 14.2. The van der Waals surface area contributed by atoms with Crippen molar-refractivity contribution in [2.75, 3.05) is 6.61 Å². The van der Waals surface area contributed by atoms with Gasteiger partial charge in [-0.1, -0.05) is 18.9 Å². The maximum absolute atomic E-state index is 13.7. The van der Waals surface area contributed by atoms with Gasteiger partial charge in [-0.2, -0.15) is 0 Å². The van der Waals surface area contributed by atoms with Gasteiger partial charge in [0.1, 0.15) is 11.6 Å². The minimum Gasteiger partial charge on any atom is -0.375 e. The molecule has 1 spiro atoms. The first-order valence-electron chi connectivity index (χ1n) is 7.23. The van der Waals surface area contributed by atoms with Crippen molar-refractivity contribution in [3.8, 4) is 0 Å². The van der Waals surface area contributed by atoms with E-state index in [9.17, 15) is 13.6 Å². The van der Waals surface area contributed by atoms with Crippen molar-refractivity contribution in [1.29, 1.82) is 0 Å². The minimum absolute atomic E-state index is 0.222. The summed E-state index contributed by atoms with van der Waals surface area (Å²) in [4.78, 5) is 12.4. The first-order chi connectivity index (χ1) is 9.61. The van der Waals surface area contributed by atoms with Crippen LogP contribution in [0.3, 0.4) is 0 Å². The van der Waals surface area contributed by atoms with Gasteiger partial charge in [-0.15, -0.1) is 0 Å². The average molecular weight is 280 g/mol. The molecule has 1 aromatic carbocycles. The lowest BCUT2D eigenvalue weighted by molar-refractivity contribution is -0.0867. The van der Waals surface area contributed by atoms with Crippen LogP contribution in [0.4, 0.5) is 8.78 Å². The van der Waals surface area contributed by atoms with E-state index in [1.165, 1.54) is 6.07 Å². The number of halogens is 2. The molecule has 1 aromatic rings. The van der Waals surface area contributed by atoms with E-state index in [1.54, 1.807) is 0 Å². The largest absolute Gasteiger partial charge is 0.375 e. The van der Waals surface area contributed by atoms with Gasteiger partial charge in [0, 0.05) is 12.5 Å². The second kappa shape index (κ2) is 5.24. The summed E-state index contributed by atoms with van der Waals surface area (Å²) in [6, 6.07) is 3.56. The van der Waals surface area contributed by atoms with Gasteiger partial charge in [0.05, 0.1) is 11.2 Å². The Labute approximate surface area is 117 Å². The molecule has 1 heterocycles. The van der Waals surface area contributed by atoms with E-state index < -0.39 is 17.4 Å². The molecule has 1 unspecified atom stereocenters. The number of ketones is 1. The third-order valence-electron chi connectivity index (χ3n) is 4.59. The fourth-order valence-electron chi connectivity index (χ4n) is 3.56. The van der Waals surface area contributed by atoms with Crippen LogP contribution in [0, 0.1) is 17.6 Å². The predicted octanol–water partition coefficient (Wildman–Crippen LogP) is 3.89. The smallest absolute Gasteiger partial charge is 0.172 e. The van der Waals surface area contributed by atoms with Crippen molar-refractivity contribution in [1.82, 2.24) is 0 Å². The highest BCUT2D eigenvalue weighted by atomic mass is 19.1. The molecule has 3 rings (SSSR count). The summed E-state index contributed by atoms with van der Waals surface area (Å²) in [6.07, 6.45) is 5.27. The molecule has 1 aliphatic heterocycles. The van der Waals surface area contributed by atoms with E-state index in [1.807, 2.05) is 0 Å². The predicted molar refractivity (Wildman–Crippen MR) is 70.6 cm³/mol. The van der Waals surface area contributed by atoms with E-state index in [4.69, 9.17) is 4.74 Å². The SMILES string of the molecule is O=C(c1c(F)cccc1F)C1CCOC2(CCCC2)C1. The lowest BCUT2D eigenvalue weighted by Gasteiger charge is -2.37. The number of Topliss-reactive ketones (excluding diaryl/α,β-unsaturated/α-hetero) is 1. The first kappa shape index (κ1) is 13.7. The Kier molecular flexibility index (Phi) is 3.59. The van der Waals surface area contributed by atoms with E-state index in [-0.39, 0.29) is 17.1 Å². The van der Waals surface area contributed by atoms with Gasteiger partial charge in [-0.3, -0.25) is 4.79 Å². The first-order valence-corrected chi connectivity index (χ1v) is 7.23. The van der Waals surface area contributed by atoms with Gasteiger partial charge >= 0.3 is 0 Å². The lowest BCUT2D eigenvalue weighted by atomic mass is 9.80. The topological polar surface area (TPSA) is 26.3 Å². The molecular weight excluding hydrogens is 262 g/mol. The Balaban J connectivity index is 1.83. The second-order valence-corrected chi connectivity index (χ2v) is 5.89. The number of carbonyl (C=O) groups is 1. The molecule has 2 nitrogen and oxygen atoms in total. The van der Waals surface area contributed by atoms with Gasteiger partial charge in [0.15, 0.2) is 5.78 Å². The summed E-state index contributed by atoms with van der Waals surface area (Å²) < 4.78 is 33.3. The van der Waals surface area contributed by atoms with Crippen molar-refractivity contribution in [2.45, 2.75) is 44.1 Å². The van der Waals surface area contributed by atoms with Crippen LogP contribution >= 0.6 is 0 Å². The Morgan fingerprint density at radius 1 is 1.20 bits per heavy atom. The molecule has 1 saturated carbocycles. The molecule has 2 fully saturated rings. The van der Waals surface area contributed by atoms with Crippen LogP contribution in [0.25, 0.3) is 0 Å². The van der Waals surface area contributed by atoms with Gasteiger partial charge in [0.25, 0.3) is 0 Å². The molecule has 0 bridgehead atoms. The summed E-state index contributed by atoms with van der Waals surface area (Å²) in [6.45, 7) is 0.506. The number of hydrogen-bond acceptors (Lipinski definition) is 2.